The van der Waals surface area contributed by atoms with Crippen molar-refractivity contribution in [2.45, 2.75) is 19.4 Å². The summed E-state index contributed by atoms with van der Waals surface area (Å²) in [5.41, 5.74) is 5.06. The van der Waals surface area contributed by atoms with E-state index in [-0.39, 0.29) is 6.04 Å². The number of rotatable bonds is 4. The topological polar surface area (TPSA) is 29.3 Å². The predicted octanol–water partition coefficient (Wildman–Crippen LogP) is 3.15. The van der Waals surface area contributed by atoms with Crippen LogP contribution in [-0.4, -0.2) is 16.7 Å². The second kappa shape index (κ2) is 5.47. The minimum atomic E-state index is 0.275. The molecular weight excluding hydrogens is 246 g/mol. The van der Waals surface area contributed by atoms with Gasteiger partial charge in [-0.3, -0.25) is 0 Å². The Morgan fingerprint density at radius 1 is 1.20 bits per heavy atom. The molecule has 0 bridgehead atoms. The molecule has 1 N–H and O–H groups in total. The van der Waals surface area contributed by atoms with Crippen molar-refractivity contribution in [2.75, 3.05) is 7.05 Å². The van der Waals surface area contributed by atoms with Gasteiger partial charge in [0.25, 0.3) is 0 Å². The Kier molecular flexibility index (Phi) is 3.52. The van der Waals surface area contributed by atoms with Crippen LogP contribution in [0, 0.1) is 6.92 Å². The third kappa shape index (κ3) is 2.45. The molecule has 0 fully saturated rings. The quantitative estimate of drug-likeness (QED) is 0.785. The molecule has 0 amide bonds. The van der Waals surface area contributed by atoms with Gasteiger partial charge in [0.05, 0.1) is 11.7 Å². The lowest BCUT2D eigenvalue weighted by Gasteiger charge is -2.15. The summed E-state index contributed by atoms with van der Waals surface area (Å²) in [6, 6.07) is 15.1. The highest BCUT2D eigenvalue weighted by molar-refractivity contribution is 5.55. The van der Waals surface area contributed by atoms with E-state index in [1.807, 2.05) is 30.0 Å². The van der Waals surface area contributed by atoms with E-state index in [1.165, 1.54) is 22.2 Å². The van der Waals surface area contributed by atoms with E-state index >= 15 is 0 Å². The van der Waals surface area contributed by atoms with Crippen molar-refractivity contribution in [2.24, 2.45) is 0 Å². The van der Waals surface area contributed by atoms with Gasteiger partial charge in [-0.1, -0.05) is 35.9 Å². The fourth-order valence-corrected chi connectivity index (χ4v) is 2.67. The molecule has 3 rings (SSSR count). The highest BCUT2D eigenvalue weighted by Crippen LogP contribution is 2.22. The Morgan fingerprint density at radius 2 is 2.10 bits per heavy atom. The minimum absolute atomic E-state index is 0.275. The number of likely N-dealkylation sites (N-methyl/N-ethyl adjacent to an activating group) is 1. The van der Waals surface area contributed by atoms with Crippen LogP contribution in [0.2, 0.25) is 0 Å². The third-order valence-electron chi connectivity index (χ3n) is 3.70. The molecule has 0 aliphatic heterocycles. The Bertz CT molecular complexity index is 715. The maximum atomic E-state index is 4.42. The van der Waals surface area contributed by atoms with E-state index in [1.54, 1.807) is 0 Å². The first kappa shape index (κ1) is 12.9. The second-order valence-electron chi connectivity index (χ2n) is 5.16. The van der Waals surface area contributed by atoms with Crippen molar-refractivity contribution in [1.29, 1.82) is 0 Å². The van der Waals surface area contributed by atoms with Gasteiger partial charge in [0.2, 0.25) is 0 Å². The normalized spacial score (nSPS) is 12.7. The molecule has 0 saturated heterocycles. The van der Waals surface area contributed by atoms with Gasteiger partial charge >= 0.3 is 0 Å². The Hall–Kier alpha value is -2.13. The lowest BCUT2D eigenvalue weighted by Crippen LogP contribution is -2.18. The molecule has 2 heterocycles. The molecule has 0 aliphatic rings. The molecule has 0 saturated carbocycles. The number of benzene rings is 1. The van der Waals surface area contributed by atoms with Crippen molar-refractivity contribution >= 4 is 5.52 Å². The maximum absolute atomic E-state index is 4.42. The van der Waals surface area contributed by atoms with Crippen LogP contribution in [-0.2, 0) is 6.42 Å². The van der Waals surface area contributed by atoms with Crippen molar-refractivity contribution in [3.8, 4) is 0 Å². The molecule has 0 spiro atoms. The minimum Gasteiger partial charge on any atom is -0.313 e. The molecule has 0 radical (unpaired) electrons. The highest BCUT2D eigenvalue weighted by atomic mass is 15.2. The average molecular weight is 265 g/mol. The predicted molar refractivity (Wildman–Crippen MR) is 81.9 cm³/mol. The second-order valence-corrected chi connectivity index (χ2v) is 5.16. The van der Waals surface area contributed by atoms with Gasteiger partial charge in [-0.25, -0.2) is 4.52 Å². The summed E-state index contributed by atoms with van der Waals surface area (Å²) in [6.07, 6.45) is 4.92. The summed E-state index contributed by atoms with van der Waals surface area (Å²) >= 11 is 0. The number of hydrogen-bond donors (Lipinski definition) is 1. The maximum Gasteiger partial charge on any atom is 0.0709 e. The molecular formula is C17H19N3. The summed E-state index contributed by atoms with van der Waals surface area (Å²) in [7, 11) is 2.01. The molecule has 2 aromatic heterocycles. The number of hydrogen-bond acceptors (Lipinski definition) is 2. The third-order valence-corrected chi connectivity index (χ3v) is 3.70. The first-order valence-electron chi connectivity index (χ1n) is 6.93. The number of pyridine rings is 1. The molecule has 3 heteroatoms. The summed E-state index contributed by atoms with van der Waals surface area (Å²) < 4.78 is 1.93. The Morgan fingerprint density at radius 3 is 2.90 bits per heavy atom. The lowest BCUT2D eigenvalue weighted by molar-refractivity contribution is 0.596. The van der Waals surface area contributed by atoms with Crippen LogP contribution >= 0.6 is 0 Å². The summed E-state index contributed by atoms with van der Waals surface area (Å²) in [5, 5.41) is 7.83. The lowest BCUT2D eigenvalue weighted by atomic mass is 9.99. The van der Waals surface area contributed by atoms with Crippen molar-refractivity contribution < 1.29 is 0 Å². The smallest absolute Gasteiger partial charge is 0.0709 e. The van der Waals surface area contributed by atoms with E-state index < -0.39 is 0 Å². The molecule has 3 aromatic rings. The van der Waals surface area contributed by atoms with Gasteiger partial charge in [0.1, 0.15) is 0 Å². The molecule has 102 valence electrons. The molecule has 1 unspecified atom stereocenters. The number of nitrogens with one attached hydrogen (secondary N) is 1. The number of aryl methyl sites for hydroxylation is 1. The van der Waals surface area contributed by atoms with Gasteiger partial charge < -0.3 is 5.32 Å². The zero-order valence-electron chi connectivity index (χ0n) is 11.9. The van der Waals surface area contributed by atoms with Gasteiger partial charge in [-0.2, -0.15) is 5.10 Å². The number of aromatic nitrogens is 2. The summed E-state index contributed by atoms with van der Waals surface area (Å²) in [4.78, 5) is 0. The first-order valence-corrected chi connectivity index (χ1v) is 6.93. The fourth-order valence-electron chi connectivity index (χ4n) is 2.67. The van der Waals surface area contributed by atoms with Crippen LogP contribution in [0.4, 0.5) is 0 Å². The first-order chi connectivity index (χ1) is 9.78. The number of nitrogens with zero attached hydrogens (tertiary/aromatic N) is 2. The van der Waals surface area contributed by atoms with Crippen LogP contribution in [0.3, 0.4) is 0 Å². The van der Waals surface area contributed by atoms with Crippen LogP contribution in [0.15, 0.2) is 54.9 Å². The highest BCUT2D eigenvalue weighted by Gasteiger charge is 2.15. The van der Waals surface area contributed by atoms with Crippen molar-refractivity contribution in [1.82, 2.24) is 14.9 Å². The number of fused-ring (bicyclic) bond motifs is 1. The van der Waals surface area contributed by atoms with E-state index in [4.69, 9.17) is 0 Å². The van der Waals surface area contributed by atoms with E-state index in [2.05, 4.69) is 53.7 Å². The average Bonchev–Trinajstić information content (AvgIpc) is 2.89. The van der Waals surface area contributed by atoms with Crippen LogP contribution < -0.4 is 5.32 Å². The monoisotopic (exact) mass is 265 g/mol. The molecule has 0 aliphatic carbocycles. The molecule has 20 heavy (non-hydrogen) atoms. The van der Waals surface area contributed by atoms with Crippen molar-refractivity contribution in [3.05, 3.63) is 71.5 Å². The Balaban J connectivity index is 1.93. The van der Waals surface area contributed by atoms with Crippen LogP contribution in [0.5, 0.6) is 0 Å². The fraction of sp³-hybridized carbons (Fsp3) is 0.235. The van der Waals surface area contributed by atoms with E-state index in [0.29, 0.717) is 0 Å². The van der Waals surface area contributed by atoms with E-state index in [0.717, 1.165) is 6.42 Å². The van der Waals surface area contributed by atoms with Crippen LogP contribution in [0.1, 0.15) is 22.7 Å². The van der Waals surface area contributed by atoms with Gasteiger partial charge in [0.15, 0.2) is 0 Å². The van der Waals surface area contributed by atoms with Gasteiger partial charge in [0, 0.05) is 17.8 Å². The van der Waals surface area contributed by atoms with E-state index in [9.17, 15) is 0 Å². The standard InChI is InChI=1S/C17H19N3/c1-13-6-5-7-14(10-13)11-16(18-2)15-12-19-20-9-4-3-8-17(15)20/h3-10,12,16,18H,11H2,1-2H3. The Labute approximate surface area is 119 Å². The van der Waals surface area contributed by atoms with Crippen LogP contribution in [0.25, 0.3) is 5.52 Å². The van der Waals surface area contributed by atoms with Gasteiger partial charge in [-0.05, 0) is 38.1 Å². The zero-order chi connectivity index (χ0) is 13.9. The molecule has 1 atom stereocenters. The summed E-state index contributed by atoms with van der Waals surface area (Å²) in [5.74, 6) is 0. The molecule has 1 aromatic carbocycles. The SMILES string of the molecule is CNC(Cc1cccc(C)c1)c1cnn2ccccc12. The van der Waals surface area contributed by atoms with Gasteiger partial charge in [-0.15, -0.1) is 0 Å². The summed E-state index contributed by atoms with van der Waals surface area (Å²) in [6.45, 7) is 2.13. The zero-order valence-corrected chi connectivity index (χ0v) is 11.9. The largest absolute Gasteiger partial charge is 0.313 e. The molecule has 3 nitrogen and oxygen atoms in total. The van der Waals surface area contributed by atoms with Crippen molar-refractivity contribution in [3.63, 3.8) is 0 Å².